The molecule has 56 heavy (non-hydrogen) atoms. The van der Waals surface area contributed by atoms with Gasteiger partial charge in [-0.05, 0) is 86.8 Å². The number of aliphatic hydroxyl groups is 2. The molecule has 1 saturated heterocycles. The molecule has 0 aliphatic carbocycles. The molecule has 0 bridgehead atoms. The Labute approximate surface area is 335 Å². The highest BCUT2D eigenvalue weighted by Gasteiger charge is 2.35. The molecular formula is C42H60ClN6O7+. The van der Waals surface area contributed by atoms with Gasteiger partial charge in [-0.1, -0.05) is 48.7 Å². The van der Waals surface area contributed by atoms with Crippen LogP contribution in [0.25, 0.3) is 0 Å². The highest BCUT2D eigenvalue weighted by Crippen LogP contribution is 2.25. The molecule has 3 aromatic rings. The molecule has 1 aliphatic heterocycles. The molecule has 14 heteroatoms. The second kappa shape index (κ2) is 23.7. The number of Topliss-reactive ketones (excluding diaryl/α,β-unsaturated/α-hetero) is 2. The molecule has 0 unspecified atom stereocenters. The van der Waals surface area contributed by atoms with Gasteiger partial charge in [0.2, 0.25) is 0 Å². The van der Waals surface area contributed by atoms with Gasteiger partial charge in [0, 0.05) is 38.9 Å². The first-order valence-electron chi connectivity index (χ1n) is 20.0. The van der Waals surface area contributed by atoms with E-state index in [1.165, 1.54) is 11.1 Å². The van der Waals surface area contributed by atoms with Crippen molar-refractivity contribution in [3.05, 3.63) is 70.5 Å². The van der Waals surface area contributed by atoms with E-state index in [4.69, 9.17) is 42.8 Å². The third-order valence-electron chi connectivity index (χ3n) is 10.3. The predicted octanol–water partition coefficient (Wildman–Crippen LogP) is 5.27. The van der Waals surface area contributed by atoms with Crippen molar-refractivity contribution in [2.75, 3.05) is 64.1 Å². The Kier molecular flexibility index (Phi) is 18.8. The summed E-state index contributed by atoms with van der Waals surface area (Å²) >= 11 is 6.07. The number of rotatable bonds is 26. The molecule has 2 heterocycles. The maximum Gasteiger partial charge on any atom is 0.274 e. The summed E-state index contributed by atoms with van der Waals surface area (Å²) in [5.74, 6) is 0.952. The lowest BCUT2D eigenvalue weighted by Crippen LogP contribution is -2.60. The number of amides is 1. The molecule has 1 aromatic heterocycles. The number of piperidine rings is 1. The number of ether oxygens (including phenoxy) is 2. The van der Waals surface area contributed by atoms with E-state index in [1.807, 2.05) is 24.3 Å². The van der Waals surface area contributed by atoms with Crippen LogP contribution >= 0.6 is 11.6 Å². The summed E-state index contributed by atoms with van der Waals surface area (Å²) in [4.78, 5) is 45.7. The Balaban J connectivity index is 1.33. The maximum atomic E-state index is 13.3. The number of halogens is 1. The van der Waals surface area contributed by atoms with Crippen molar-refractivity contribution in [3.8, 4) is 11.5 Å². The summed E-state index contributed by atoms with van der Waals surface area (Å²) in [5.41, 5.74) is 14.1. The number of aliphatic hydroxyl groups excluding tert-OH is 2. The van der Waals surface area contributed by atoms with E-state index in [1.54, 1.807) is 0 Å². The molecule has 1 fully saturated rings. The van der Waals surface area contributed by atoms with Gasteiger partial charge in [-0.25, -0.2) is 9.97 Å². The Morgan fingerprint density at radius 3 is 1.75 bits per heavy atom. The number of likely N-dealkylation sites (tertiary alicyclic amines) is 1. The number of nitrogen functional groups attached to an aromatic ring is 2. The van der Waals surface area contributed by atoms with Crippen molar-refractivity contribution < 1.29 is 38.6 Å². The first-order chi connectivity index (χ1) is 27.1. The number of nitrogens with two attached hydrogens (primary N) is 2. The van der Waals surface area contributed by atoms with Gasteiger partial charge in [0.25, 0.3) is 5.91 Å². The minimum absolute atomic E-state index is 0.0221. The number of benzene rings is 2. The fourth-order valence-corrected chi connectivity index (χ4v) is 7.38. The fraction of sp³-hybridized carbons (Fsp3) is 0.548. The molecule has 0 radical (unpaired) electrons. The first kappa shape index (κ1) is 44.4. The Bertz CT molecular complexity index is 1600. The zero-order valence-electron chi connectivity index (χ0n) is 32.6. The highest BCUT2D eigenvalue weighted by molar-refractivity contribution is 6.31. The Morgan fingerprint density at radius 2 is 1.25 bits per heavy atom. The lowest BCUT2D eigenvalue weighted by Gasteiger charge is -2.45. The third-order valence-corrected chi connectivity index (χ3v) is 10.6. The van der Waals surface area contributed by atoms with Gasteiger partial charge < -0.3 is 41.0 Å². The normalized spacial score (nSPS) is 14.9. The Morgan fingerprint density at radius 1 is 0.732 bits per heavy atom. The van der Waals surface area contributed by atoms with E-state index < -0.39 is 5.91 Å². The summed E-state index contributed by atoms with van der Waals surface area (Å²) < 4.78 is 12.3. The molecule has 306 valence electrons. The van der Waals surface area contributed by atoms with Crippen LogP contribution in [0.15, 0.2) is 48.5 Å². The third kappa shape index (κ3) is 15.3. The van der Waals surface area contributed by atoms with Crippen molar-refractivity contribution >= 4 is 40.7 Å². The van der Waals surface area contributed by atoms with Crippen molar-refractivity contribution in [2.45, 2.75) is 95.9 Å². The SMILES string of the molecule is Nc1nc(N)c(C(=O)N[C@H]2CCC[N+](CCCc3ccc(OCC(=O)CCCCCO)cc3)(CCCc3ccc(OCC(=O)CCCCCO)cc3)C2)nc1Cl. The van der Waals surface area contributed by atoms with Gasteiger partial charge in [0.1, 0.15) is 24.7 Å². The Hall–Kier alpha value is -4.30. The zero-order valence-corrected chi connectivity index (χ0v) is 33.3. The first-order valence-corrected chi connectivity index (χ1v) is 20.4. The number of quaternary nitrogens is 1. The molecule has 0 saturated carbocycles. The summed E-state index contributed by atoms with van der Waals surface area (Å²) in [7, 11) is 0. The van der Waals surface area contributed by atoms with Gasteiger partial charge in [0.15, 0.2) is 34.0 Å². The van der Waals surface area contributed by atoms with Crippen molar-refractivity contribution in [1.29, 1.82) is 0 Å². The van der Waals surface area contributed by atoms with E-state index >= 15 is 0 Å². The minimum Gasteiger partial charge on any atom is -0.486 e. The van der Waals surface area contributed by atoms with Crippen molar-refractivity contribution in [1.82, 2.24) is 15.3 Å². The van der Waals surface area contributed by atoms with Crippen LogP contribution < -0.4 is 26.3 Å². The summed E-state index contributed by atoms with van der Waals surface area (Å²) in [6.07, 6.45) is 11.0. The average molecular weight is 796 g/mol. The predicted molar refractivity (Wildman–Crippen MR) is 218 cm³/mol. The molecular weight excluding hydrogens is 736 g/mol. The summed E-state index contributed by atoms with van der Waals surface area (Å²) in [6, 6.07) is 15.8. The van der Waals surface area contributed by atoms with Crippen LogP contribution in [-0.2, 0) is 22.4 Å². The van der Waals surface area contributed by atoms with Crippen LogP contribution in [-0.4, -0.2) is 101 Å². The number of hydrogen-bond donors (Lipinski definition) is 5. The van der Waals surface area contributed by atoms with Gasteiger partial charge in [-0.3, -0.25) is 14.4 Å². The van der Waals surface area contributed by atoms with Crippen LogP contribution in [0, 0.1) is 0 Å². The topological polar surface area (TPSA) is 200 Å². The number of carbonyl (C=O) groups is 3. The maximum absolute atomic E-state index is 13.3. The molecule has 7 N–H and O–H groups in total. The molecule has 4 rings (SSSR count). The van der Waals surface area contributed by atoms with Gasteiger partial charge >= 0.3 is 0 Å². The molecule has 1 amide bonds. The number of ketones is 2. The number of carbonyl (C=O) groups excluding carboxylic acids is 3. The standard InChI is InChI=1S/C42H59ClN6O7/c43-39-41(45)48-40(44)38(47-39)42(54)46-33-12-9-25-49(28-33,23-7-10-31-15-19-36(20-16-31)55-29-34(52)13-3-1-5-26-50)24-8-11-32-17-21-37(22-18-32)56-30-35(53)14-4-2-6-27-51/h15-22,33,50-51H,1-14,23-30H2,(H4-,44,45,46,48,54)/p+1/t33-/m0/s1. The number of aryl methyl sites for hydroxylation is 2. The van der Waals surface area contributed by atoms with Gasteiger partial charge in [-0.2, -0.15) is 0 Å². The van der Waals surface area contributed by atoms with E-state index in [0.717, 1.165) is 94.9 Å². The smallest absolute Gasteiger partial charge is 0.274 e. The zero-order chi connectivity index (χ0) is 40.2. The fourth-order valence-electron chi connectivity index (χ4n) is 7.26. The van der Waals surface area contributed by atoms with E-state index in [0.29, 0.717) is 37.2 Å². The van der Waals surface area contributed by atoms with Crippen molar-refractivity contribution in [2.24, 2.45) is 0 Å². The number of aromatic nitrogens is 2. The van der Waals surface area contributed by atoms with Gasteiger partial charge in [-0.15, -0.1) is 0 Å². The molecule has 2 aromatic carbocycles. The van der Waals surface area contributed by atoms with Crippen LogP contribution in [0.4, 0.5) is 11.6 Å². The quantitative estimate of drug-likeness (QED) is 0.0524. The number of unbranched alkanes of at least 4 members (excludes halogenated alkanes) is 4. The van der Waals surface area contributed by atoms with Crippen LogP contribution in [0.3, 0.4) is 0 Å². The minimum atomic E-state index is -0.418. The second-order valence-corrected chi connectivity index (χ2v) is 15.2. The number of nitrogens with zero attached hydrogens (tertiary/aromatic N) is 3. The number of anilines is 2. The van der Waals surface area contributed by atoms with Crippen LogP contribution in [0.5, 0.6) is 11.5 Å². The second-order valence-electron chi connectivity index (χ2n) is 14.9. The number of nitrogens with one attached hydrogen (secondary N) is 1. The van der Waals surface area contributed by atoms with Gasteiger partial charge in [0.05, 0.1) is 32.2 Å². The van der Waals surface area contributed by atoms with E-state index in [2.05, 4.69) is 39.6 Å². The largest absolute Gasteiger partial charge is 0.486 e. The lowest BCUT2D eigenvalue weighted by atomic mass is 9.99. The molecule has 0 spiro atoms. The highest BCUT2D eigenvalue weighted by atomic mass is 35.5. The monoisotopic (exact) mass is 795 g/mol. The summed E-state index contributed by atoms with van der Waals surface area (Å²) in [6.45, 7) is 4.04. The molecule has 1 atom stereocenters. The summed E-state index contributed by atoms with van der Waals surface area (Å²) in [5, 5.41) is 20.9. The lowest BCUT2D eigenvalue weighted by molar-refractivity contribution is -0.933. The van der Waals surface area contributed by atoms with E-state index in [9.17, 15) is 14.4 Å². The van der Waals surface area contributed by atoms with Crippen LogP contribution in [0.1, 0.15) is 98.7 Å². The number of hydrogen-bond acceptors (Lipinski definition) is 11. The molecule has 13 nitrogen and oxygen atoms in total. The van der Waals surface area contributed by atoms with Crippen molar-refractivity contribution in [3.63, 3.8) is 0 Å². The molecule has 1 aliphatic rings. The van der Waals surface area contributed by atoms with E-state index in [-0.39, 0.29) is 66.5 Å². The average Bonchev–Trinajstić information content (AvgIpc) is 3.19. The van der Waals surface area contributed by atoms with Crippen LogP contribution in [0.2, 0.25) is 5.15 Å².